The third-order valence-corrected chi connectivity index (χ3v) is 3.94. The summed E-state index contributed by atoms with van der Waals surface area (Å²) < 4.78 is 15.8. The molecule has 0 bridgehead atoms. The van der Waals surface area contributed by atoms with Gasteiger partial charge >= 0.3 is 5.97 Å². The number of halogens is 2. The SMILES string of the molecule is CCOC(=O)COc1c(Cl)cc(C=NNC(=O)c2cccnc2Cl)cc1OCC. The predicted octanol–water partition coefficient (Wildman–Crippen LogP) is 3.49. The van der Waals surface area contributed by atoms with Gasteiger partial charge in [-0.05, 0) is 43.7 Å². The lowest BCUT2D eigenvalue weighted by Gasteiger charge is -2.14. The van der Waals surface area contributed by atoms with Crippen LogP contribution in [0.1, 0.15) is 29.8 Å². The molecule has 0 saturated heterocycles. The highest BCUT2D eigenvalue weighted by molar-refractivity contribution is 6.33. The van der Waals surface area contributed by atoms with Crippen LogP contribution in [0.4, 0.5) is 0 Å². The van der Waals surface area contributed by atoms with Crippen LogP contribution in [-0.4, -0.2) is 42.9 Å². The minimum atomic E-state index is -0.520. The third-order valence-electron chi connectivity index (χ3n) is 3.35. The molecule has 154 valence electrons. The van der Waals surface area contributed by atoms with Crippen LogP contribution in [0.25, 0.3) is 0 Å². The number of hydrazone groups is 1. The summed E-state index contributed by atoms with van der Waals surface area (Å²) in [6, 6.07) is 6.29. The first-order chi connectivity index (χ1) is 14.0. The Morgan fingerprint density at radius 2 is 2.00 bits per heavy atom. The minimum absolute atomic E-state index is 0.0741. The molecule has 0 atom stereocenters. The monoisotopic (exact) mass is 439 g/mol. The topological polar surface area (TPSA) is 99.1 Å². The number of amides is 1. The molecular formula is C19H19Cl2N3O5. The molecule has 1 N–H and O–H groups in total. The van der Waals surface area contributed by atoms with Crippen molar-refractivity contribution in [1.29, 1.82) is 0 Å². The smallest absolute Gasteiger partial charge is 0.344 e. The van der Waals surface area contributed by atoms with Gasteiger partial charge in [0.1, 0.15) is 5.15 Å². The van der Waals surface area contributed by atoms with Crippen LogP contribution in [0.3, 0.4) is 0 Å². The number of rotatable bonds is 9. The second-order valence-electron chi connectivity index (χ2n) is 5.40. The van der Waals surface area contributed by atoms with Crippen LogP contribution >= 0.6 is 23.2 Å². The zero-order valence-corrected chi connectivity index (χ0v) is 17.3. The Kier molecular flexibility index (Phi) is 8.69. The molecule has 0 radical (unpaired) electrons. The van der Waals surface area contributed by atoms with E-state index in [4.69, 9.17) is 37.4 Å². The van der Waals surface area contributed by atoms with Crippen molar-refractivity contribution < 1.29 is 23.8 Å². The second-order valence-corrected chi connectivity index (χ2v) is 6.16. The molecule has 0 aliphatic rings. The van der Waals surface area contributed by atoms with E-state index >= 15 is 0 Å². The van der Waals surface area contributed by atoms with E-state index in [1.54, 1.807) is 32.0 Å². The fourth-order valence-corrected chi connectivity index (χ4v) is 2.66. The van der Waals surface area contributed by atoms with Crippen LogP contribution in [0.5, 0.6) is 11.5 Å². The lowest BCUT2D eigenvalue weighted by atomic mass is 10.2. The van der Waals surface area contributed by atoms with E-state index in [9.17, 15) is 9.59 Å². The van der Waals surface area contributed by atoms with Gasteiger partial charge in [-0.2, -0.15) is 5.10 Å². The molecule has 29 heavy (non-hydrogen) atoms. The largest absolute Gasteiger partial charge is 0.490 e. The summed E-state index contributed by atoms with van der Waals surface area (Å²) in [4.78, 5) is 27.4. The number of ether oxygens (including phenoxy) is 3. The highest BCUT2D eigenvalue weighted by Gasteiger charge is 2.15. The van der Waals surface area contributed by atoms with Crippen LogP contribution in [0.15, 0.2) is 35.6 Å². The van der Waals surface area contributed by atoms with Crippen LogP contribution in [-0.2, 0) is 9.53 Å². The molecule has 1 heterocycles. The standard InChI is InChI=1S/C19H19Cl2N3O5/c1-3-27-15-9-12(8-14(20)17(15)29-11-16(25)28-4-2)10-23-24-19(26)13-6-5-7-22-18(13)21/h5-10H,3-4,11H2,1-2H3,(H,24,26). The van der Waals surface area contributed by atoms with Crippen molar-refractivity contribution in [1.82, 2.24) is 10.4 Å². The zero-order valence-electron chi connectivity index (χ0n) is 15.8. The Balaban J connectivity index is 2.12. The first-order valence-corrected chi connectivity index (χ1v) is 9.40. The van der Waals surface area contributed by atoms with E-state index in [1.165, 1.54) is 18.5 Å². The quantitative estimate of drug-likeness (QED) is 0.277. The van der Waals surface area contributed by atoms with Gasteiger partial charge in [0.25, 0.3) is 5.91 Å². The van der Waals surface area contributed by atoms with Crippen molar-refractivity contribution in [3.8, 4) is 11.5 Å². The van der Waals surface area contributed by atoms with E-state index in [2.05, 4.69) is 15.5 Å². The number of carbonyl (C=O) groups is 2. The third kappa shape index (κ3) is 6.62. The number of carbonyl (C=O) groups excluding carboxylic acids is 2. The Morgan fingerprint density at radius 3 is 2.69 bits per heavy atom. The zero-order chi connectivity index (χ0) is 21.2. The highest BCUT2D eigenvalue weighted by atomic mass is 35.5. The molecule has 1 amide bonds. The molecule has 8 nitrogen and oxygen atoms in total. The van der Waals surface area contributed by atoms with Crippen LogP contribution in [0.2, 0.25) is 10.2 Å². The van der Waals surface area contributed by atoms with Crippen molar-refractivity contribution in [2.24, 2.45) is 5.10 Å². The lowest BCUT2D eigenvalue weighted by Crippen LogP contribution is -2.18. The van der Waals surface area contributed by atoms with Gasteiger partial charge in [-0.15, -0.1) is 0 Å². The molecule has 10 heteroatoms. The molecule has 0 unspecified atom stereocenters. The maximum Gasteiger partial charge on any atom is 0.344 e. The number of nitrogens with zero attached hydrogens (tertiary/aromatic N) is 2. The summed E-state index contributed by atoms with van der Waals surface area (Å²) in [5, 5.41) is 4.17. The molecule has 0 fully saturated rings. The average Bonchev–Trinajstić information content (AvgIpc) is 2.68. The van der Waals surface area contributed by atoms with Gasteiger partial charge in [-0.25, -0.2) is 15.2 Å². The van der Waals surface area contributed by atoms with E-state index in [-0.39, 0.29) is 34.7 Å². The summed E-state index contributed by atoms with van der Waals surface area (Å²) in [5.74, 6) is -0.490. The summed E-state index contributed by atoms with van der Waals surface area (Å²) >= 11 is 12.1. The average molecular weight is 440 g/mol. The molecule has 2 rings (SSSR count). The Bertz CT molecular complexity index is 905. The van der Waals surface area contributed by atoms with Crippen LogP contribution < -0.4 is 14.9 Å². The highest BCUT2D eigenvalue weighted by Crippen LogP contribution is 2.36. The Labute approximate surface area is 177 Å². The summed E-state index contributed by atoms with van der Waals surface area (Å²) in [5.41, 5.74) is 3.10. The van der Waals surface area contributed by atoms with E-state index in [0.717, 1.165) is 0 Å². The number of aromatic nitrogens is 1. The summed E-state index contributed by atoms with van der Waals surface area (Å²) in [6.45, 7) is 3.79. The molecule has 2 aromatic rings. The number of benzene rings is 1. The number of esters is 1. The molecule has 0 aliphatic carbocycles. The van der Waals surface area contributed by atoms with Crippen LogP contribution in [0, 0.1) is 0 Å². The Morgan fingerprint density at radius 1 is 1.21 bits per heavy atom. The van der Waals surface area contributed by atoms with Gasteiger partial charge in [-0.1, -0.05) is 23.2 Å². The van der Waals surface area contributed by atoms with Gasteiger partial charge < -0.3 is 14.2 Å². The van der Waals surface area contributed by atoms with E-state index in [0.29, 0.717) is 17.9 Å². The van der Waals surface area contributed by atoms with E-state index < -0.39 is 11.9 Å². The second kappa shape index (κ2) is 11.2. The first-order valence-electron chi connectivity index (χ1n) is 8.64. The lowest BCUT2D eigenvalue weighted by molar-refractivity contribution is -0.145. The predicted molar refractivity (Wildman–Crippen MR) is 109 cm³/mol. The van der Waals surface area contributed by atoms with Gasteiger partial charge in [0.15, 0.2) is 18.1 Å². The molecule has 1 aromatic heterocycles. The summed E-state index contributed by atoms with van der Waals surface area (Å²) in [6.07, 6.45) is 2.86. The number of nitrogens with one attached hydrogen (secondary N) is 1. The van der Waals surface area contributed by atoms with Crippen molar-refractivity contribution in [2.75, 3.05) is 19.8 Å². The number of pyridine rings is 1. The Hall–Kier alpha value is -2.84. The van der Waals surface area contributed by atoms with Gasteiger partial charge in [-0.3, -0.25) is 4.79 Å². The maximum atomic E-state index is 12.1. The van der Waals surface area contributed by atoms with Crippen molar-refractivity contribution in [3.05, 3.63) is 51.8 Å². The fourth-order valence-electron chi connectivity index (χ4n) is 2.18. The molecule has 0 spiro atoms. The number of hydrogen-bond donors (Lipinski definition) is 1. The van der Waals surface area contributed by atoms with Gasteiger partial charge in [0, 0.05) is 6.20 Å². The molecule has 0 aliphatic heterocycles. The van der Waals surface area contributed by atoms with Crippen molar-refractivity contribution >= 4 is 41.3 Å². The maximum absolute atomic E-state index is 12.1. The number of hydrogen-bond acceptors (Lipinski definition) is 7. The fraction of sp³-hybridized carbons (Fsp3) is 0.263. The van der Waals surface area contributed by atoms with E-state index in [1.807, 2.05) is 0 Å². The first kappa shape index (κ1) is 22.4. The normalized spacial score (nSPS) is 10.6. The van der Waals surface area contributed by atoms with Crippen molar-refractivity contribution in [3.63, 3.8) is 0 Å². The molecular weight excluding hydrogens is 421 g/mol. The van der Waals surface area contributed by atoms with Gasteiger partial charge in [0.2, 0.25) is 0 Å². The molecule has 0 saturated carbocycles. The summed E-state index contributed by atoms with van der Waals surface area (Å²) in [7, 11) is 0. The van der Waals surface area contributed by atoms with Gasteiger partial charge in [0.05, 0.1) is 30.0 Å². The molecule has 1 aromatic carbocycles. The minimum Gasteiger partial charge on any atom is -0.490 e. The van der Waals surface area contributed by atoms with Crippen molar-refractivity contribution in [2.45, 2.75) is 13.8 Å².